The van der Waals surface area contributed by atoms with Crippen LogP contribution in [0.2, 0.25) is 0 Å². The molecule has 4 aliphatic carbocycles. The van der Waals surface area contributed by atoms with E-state index in [0.717, 1.165) is 49.5 Å². The maximum absolute atomic E-state index is 11.4. The van der Waals surface area contributed by atoms with Gasteiger partial charge in [0.05, 0.1) is 12.2 Å². The van der Waals surface area contributed by atoms with E-state index in [-0.39, 0.29) is 12.2 Å². The van der Waals surface area contributed by atoms with Crippen molar-refractivity contribution in [3.8, 4) is 0 Å². The maximum Gasteiger partial charge on any atom is 0.0579 e. The van der Waals surface area contributed by atoms with Gasteiger partial charge in [0.15, 0.2) is 0 Å². The lowest BCUT2D eigenvalue weighted by Gasteiger charge is -2.61. The van der Waals surface area contributed by atoms with Crippen molar-refractivity contribution in [2.45, 2.75) is 110 Å². The Bertz CT molecular complexity index is 630. The fourth-order valence-corrected chi connectivity index (χ4v) is 9.96. The zero-order valence-electron chi connectivity index (χ0n) is 19.9. The third kappa shape index (κ3) is 3.24. The van der Waals surface area contributed by atoms with Crippen LogP contribution < -0.4 is 5.32 Å². The van der Waals surface area contributed by atoms with Crippen molar-refractivity contribution in [1.82, 2.24) is 5.32 Å². The highest BCUT2D eigenvalue weighted by molar-refractivity contribution is 5.12. The molecule has 1 aliphatic heterocycles. The number of fused-ring (bicyclic) bond motifs is 5. The van der Waals surface area contributed by atoms with Crippen molar-refractivity contribution in [3.63, 3.8) is 0 Å². The highest BCUT2D eigenvalue weighted by Gasteiger charge is 2.63. The molecule has 0 amide bonds. The van der Waals surface area contributed by atoms with Gasteiger partial charge in [-0.2, -0.15) is 0 Å². The van der Waals surface area contributed by atoms with Gasteiger partial charge in [0.1, 0.15) is 0 Å². The monoisotopic (exact) mass is 417 g/mol. The lowest BCUT2D eigenvalue weighted by atomic mass is 9.44. The first-order valence-corrected chi connectivity index (χ1v) is 13.3. The van der Waals surface area contributed by atoms with Gasteiger partial charge >= 0.3 is 0 Å². The molecule has 0 aromatic heterocycles. The van der Waals surface area contributed by atoms with Crippen molar-refractivity contribution in [1.29, 1.82) is 0 Å². The molecule has 1 heterocycles. The molecule has 3 nitrogen and oxygen atoms in total. The normalized spacial score (nSPS) is 57.2. The second kappa shape index (κ2) is 7.73. The number of hydrogen-bond donors (Lipinski definition) is 3. The minimum atomic E-state index is -0.117. The third-order valence-electron chi connectivity index (χ3n) is 11.6. The molecule has 5 rings (SSSR count). The van der Waals surface area contributed by atoms with Crippen LogP contribution in [0.3, 0.4) is 0 Å². The van der Waals surface area contributed by atoms with Crippen molar-refractivity contribution in [2.24, 2.45) is 52.3 Å². The Morgan fingerprint density at radius 3 is 2.37 bits per heavy atom. The summed E-state index contributed by atoms with van der Waals surface area (Å²) in [7, 11) is 0. The molecule has 0 spiro atoms. The summed E-state index contributed by atoms with van der Waals surface area (Å²) >= 11 is 0. The van der Waals surface area contributed by atoms with E-state index in [4.69, 9.17) is 0 Å². The highest BCUT2D eigenvalue weighted by atomic mass is 16.3. The summed E-state index contributed by atoms with van der Waals surface area (Å²) in [6.45, 7) is 11.1. The molecule has 30 heavy (non-hydrogen) atoms. The van der Waals surface area contributed by atoms with Crippen LogP contribution in [0.15, 0.2) is 0 Å². The van der Waals surface area contributed by atoms with Crippen molar-refractivity contribution in [3.05, 3.63) is 0 Å². The Kier molecular flexibility index (Phi) is 5.60. The van der Waals surface area contributed by atoms with Crippen molar-refractivity contribution in [2.75, 3.05) is 6.54 Å². The van der Waals surface area contributed by atoms with Crippen LogP contribution in [0, 0.1) is 52.3 Å². The van der Waals surface area contributed by atoms with E-state index in [1.165, 1.54) is 44.9 Å². The topological polar surface area (TPSA) is 52.5 Å². The molecule has 12 atom stereocenters. The Hall–Kier alpha value is -0.120. The lowest BCUT2D eigenvalue weighted by Crippen LogP contribution is -2.55. The zero-order chi connectivity index (χ0) is 21.3. The maximum atomic E-state index is 11.4. The van der Waals surface area contributed by atoms with E-state index in [1.807, 2.05) is 0 Å². The molecule has 2 unspecified atom stereocenters. The number of piperidine rings is 1. The number of nitrogens with one attached hydrogen (secondary N) is 1. The average molecular weight is 418 g/mol. The SMILES string of the molecule is CC1CCC([C@@H](C)[C@H]2[C@@H](O)C[C@H]3[C@@H]4CC[C@H]5C[C@@H](O)CC[C@]5(C)[C@H]4CC[C@]23C)NC1. The molecular weight excluding hydrogens is 370 g/mol. The molecular formula is C27H47NO2. The Labute approximate surface area is 184 Å². The number of rotatable bonds is 2. The van der Waals surface area contributed by atoms with Gasteiger partial charge in [-0.05, 0) is 123 Å². The number of hydrogen-bond acceptors (Lipinski definition) is 3. The number of aliphatic hydroxyl groups excluding tert-OH is 2. The minimum Gasteiger partial charge on any atom is -0.393 e. The quantitative estimate of drug-likeness (QED) is 0.592. The molecule has 4 saturated carbocycles. The Morgan fingerprint density at radius 1 is 0.867 bits per heavy atom. The second-order valence-corrected chi connectivity index (χ2v) is 13.0. The smallest absolute Gasteiger partial charge is 0.0579 e. The molecule has 5 aliphatic rings. The zero-order valence-corrected chi connectivity index (χ0v) is 19.9. The molecule has 0 aromatic carbocycles. The largest absolute Gasteiger partial charge is 0.393 e. The van der Waals surface area contributed by atoms with E-state index in [1.54, 1.807) is 0 Å². The van der Waals surface area contributed by atoms with Crippen LogP contribution in [-0.2, 0) is 0 Å². The van der Waals surface area contributed by atoms with Gasteiger partial charge in [-0.25, -0.2) is 0 Å². The Morgan fingerprint density at radius 2 is 1.63 bits per heavy atom. The first kappa shape index (κ1) is 21.7. The predicted octanol–water partition coefficient (Wildman–Crippen LogP) is 5.00. The summed E-state index contributed by atoms with van der Waals surface area (Å²) in [6, 6.07) is 0.585. The van der Waals surface area contributed by atoms with E-state index < -0.39 is 0 Å². The second-order valence-electron chi connectivity index (χ2n) is 13.0. The summed E-state index contributed by atoms with van der Waals surface area (Å²) in [5.41, 5.74) is 0.737. The van der Waals surface area contributed by atoms with Gasteiger partial charge in [0.25, 0.3) is 0 Å². The van der Waals surface area contributed by atoms with Gasteiger partial charge in [-0.15, -0.1) is 0 Å². The summed E-state index contributed by atoms with van der Waals surface area (Å²) in [5.74, 6) is 4.85. The molecule has 5 fully saturated rings. The summed E-state index contributed by atoms with van der Waals surface area (Å²) < 4.78 is 0. The fourth-order valence-electron chi connectivity index (χ4n) is 9.96. The third-order valence-corrected chi connectivity index (χ3v) is 11.6. The molecule has 0 aromatic rings. The van der Waals surface area contributed by atoms with Crippen LogP contribution in [0.1, 0.15) is 91.9 Å². The first-order chi connectivity index (χ1) is 14.2. The standard InChI is InChI=1S/C27H47NO2/c1-16-5-8-23(28-15-16)17(2)25-24(30)14-22-20-7-6-18-13-19(29)9-11-26(18,3)21(20)10-12-27(22,25)4/h16-25,28-30H,5-15H2,1-4H3/t16?,17-,18+,19+,20-,21+,22+,23?,24+,25+,26+,27+/m1/s1. The van der Waals surface area contributed by atoms with E-state index in [0.29, 0.717) is 34.6 Å². The van der Waals surface area contributed by atoms with Gasteiger partial charge in [-0.3, -0.25) is 0 Å². The van der Waals surface area contributed by atoms with Crippen LogP contribution in [-0.4, -0.2) is 35.0 Å². The molecule has 3 heteroatoms. The highest BCUT2D eigenvalue weighted by Crippen LogP contribution is 2.68. The lowest BCUT2D eigenvalue weighted by molar-refractivity contribution is -0.130. The summed E-state index contributed by atoms with van der Waals surface area (Å²) in [5, 5.41) is 25.5. The molecule has 3 N–H and O–H groups in total. The Balaban J connectivity index is 1.37. The fraction of sp³-hybridized carbons (Fsp3) is 1.00. The van der Waals surface area contributed by atoms with Crippen molar-refractivity contribution >= 4 is 0 Å². The van der Waals surface area contributed by atoms with Gasteiger partial charge in [-0.1, -0.05) is 27.7 Å². The van der Waals surface area contributed by atoms with Crippen LogP contribution in [0.5, 0.6) is 0 Å². The van der Waals surface area contributed by atoms with E-state index in [2.05, 4.69) is 33.0 Å². The van der Waals surface area contributed by atoms with Crippen LogP contribution >= 0.6 is 0 Å². The van der Waals surface area contributed by atoms with Gasteiger partial charge in [0.2, 0.25) is 0 Å². The first-order valence-electron chi connectivity index (χ1n) is 13.3. The molecule has 172 valence electrons. The van der Waals surface area contributed by atoms with E-state index >= 15 is 0 Å². The summed E-state index contributed by atoms with van der Waals surface area (Å²) in [6.07, 6.45) is 12.0. The number of aliphatic hydroxyl groups is 2. The minimum absolute atomic E-state index is 0.0577. The van der Waals surface area contributed by atoms with Crippen LogP contribution in [0.25, 0.3) is 0 Å². The van der Waals surface area contributed by atoms with E-state index in [9.17, 15) is 10.2 Å². The predicted molar refractivity (Wildman–Crippen MR) is 122 cm³/mol. The van der Waals surface area contributed by atoms with Crippen molar-refractivity contribution < 1.29 is 10.2 Å². The average Bonchev–Trinajstić information content (AvgIpc) is 2.98. The van der Waals surface area contributed by atoms with Gasteiger partial charge < -0.3 is 15.5 Å². The van der Waals surface area contributed by atoms with Crippen LogP contribution in [0.4, 0.5) is 0 Å². The molecule has 0 radical (unpaired) electrons. The molecule has 0 bridgehead atoms. The summed E-state index contributed by atoms with van der Waals surface area (Å²) in [4.78, 5) is 0. The molecule has 1 saturated heterocycles. The van der Waals surface area contributed by atoms with Gasteiger partial charge in [0, 0.05) is 6.04 Å².